The van der Waals surface area contributed by atoms with Crippen molar-refractivity contribution in [1.82, 2.24) is 25.3 Å². The van der Waals surface area contributed by atoms with Crippen LogP contribution in [0, 0.1) is 6.92 Å². The van der Waals surface area contributed by atoms with Gasteiger partial charge in [0.25, 0.3) is 0 Å². The number of amides is 2. The molecule has 1 atom stereocenters. The molecule has 32 heavy (non-hydrogen) atoms. The molecule has 0 aliphatic rings. The maximum absolute atomic E-state index is 11.7. The summed E-state index contributed by atoms with van der Waals surface area (Å²) in [6.07, 6.45) is 6.24. The van der Waals surface area contributed by atoms with Gasteiger partial charge in [-0.3, -0.25) is 9.59 Å². The summed E-state index contributed by atoms with van der Waals surface area (Å²) >= 11 is 0. The Morgan fingerprint density at radius 1 is 1.19 bits per heavy atom. The van der Waals surface area contributed by atoms with Crippen LogP contribution in [-0.2, 0) is 16.2 Å². The fourth-order valence-corrected chi connectivity index (χ4v) is 3.07. The number of aliphatic hydroxyl groups is 1. The average Bonchev–Trinajstić information content (AvgIpc) is 3.46. The van der Waals surface area contributed by atoms with Gasteiger partial charge in [0.05, 0.1) is 18.3 Å². The van der Waals surface area contributed by atoms with Gasteiger partial charge in [0.1, 0.15) is 11.6 Å². The minimum absolute atomic E-state index is 0.0187. The first kappa shape index (κ1) is 24.8. The molecule has 2 aromatic heterocycles. The Labute approximate surface area is 187 Å². The zero-order valence-corrected chi connectivity index (χ0v) is 18.6. The number of nitrogens with one attached hydrogen (secondary N) is 3. The minimum atomic E-state index is -0.322. The fraction of sp³-hybridized carbons (Fsp3) is 0.391. The van der Waals surface area contributed by atoms with Gasteiger partial charge in [-0.05, 0) is 26.2 Å². The van der Waals surface area contributed by atoms with Crippen molar-refractivity contribution in [1.29, 1.82) is 0 Å². The quantitative estimate of drug-likeness (QED) is 0.307. The first-order valence-corrected chi connectivity index (χ1v) is 10.7. The van der Waals surface area contributed by atoms with Crippen molar-refractivity contribution in [3.8, 4) is 11.4 Å². The van der Waals surface area contributed by atoms with Gasteiger partial charge in [-0.1, -0.05) is 37.3 Å². The largest absolute Gasteiger partial charge is 0.390 e. The average molecular weight is 441 g/mol. The van der Waals surface area contributed by atoms with E-state index in [2.05, 4.69) is 25.3 Å². The molecule has 172 valence electrons. The van der Waals surface area contributed by atoms with Crippen LogP contribution in [0.15, 0.2) is 42.7 Å². The number of aryl methyl sites for hydroxylation is 1. The number of imidazole rings is 2. The molecule has 3 aromatic rings. The number of H-pyrrole nitrogens is 2. The summed E-state index contributed by atoms with van der Waals surface area (Å²) < 4.78 is 0. The van der Waals surface area contributed by atoms with E-state index in [1.807, 2.05) is 44.2 Å². The van der Waals surface area contributed by atoms with Crippen LogP contribution in [0.4, 0.5) is 0 Å². The number of aliphatic hydroxyl groups excluding tert-OH is 1. The van der Waals surface area contributed by atoms with Gasteiger partial charge in [0.2, 0.25) is 11.8 Å². The van der Waals surface area contributed by atoms with Crippen molar-refractivity contribution in [3.63, 3.8) is 0 Å². The highest BCUT2D eigenvalue weighted by Crippen LogP contribution is 2.17. The summed E-state index contributed by atoms with van der Waals surface area (Å²) in [5.41, 5.74) is 7.70. The van der Waals surface area contributed by atoms with Crippen molar-refractivity contribution in [2.75, 3.05) is 0 Å². The molecule has 0 bridgehead atoms. The van der Waals surface area contributed by atoms with E-state index in [1.54, 1.807) is 12.4 Å². The highest BCUT2D eigenvalue weighted by molar-refractivity contribution is 5.76. The molecule has 0 radical (unpaired) electrons. The molecule has 0 saturated carbocycles. The van der Waals surface area contributed by atoms with Gasteiger partial charge >= 0.3 is 0 Å². The smallest absolute Gasteiger partial charge is 0.220 e. The summed E-state index contributed by atoms with van der Waals surface area (Å²) in [5, 5.41) is 11.9. The molecule has 0 fully saturated rings. The normalized spacial score (nSPS) is 11.3. The lowest BCUT2D eigenvalue weighted by atomic mass is 10.1. The van der Waals surface area contributed by atoms with E-state index in [-0.39, 0.29) is 24.5 Å². The zero-order chi connectivity index (χ0) is 23.3. The maximum Gasteiger partial charge on any atom is 0.220 e. The lowest BCUT2D eigenvalue weighted by Crippen LogP contribution is -2.28. The van der Waals surface area contributed by atoms with E-state index in [0.717, 1.165) is 29.3 Å². The second-order valence-electron chi connectivity index (χ2n) is 7.36. The number of unbranched alkanes of at least 4 members (excludes halogenated alkanes) is 1. The molecule has 0 spiro atoms. The van der Waals surface area contributed by atoms with E-state index in [1.165, 1.54) is 0 Å². The number of hydrogen-bond acceptors (Lipinski definition) is 5. The van der Waals surface area contributed by atoms with Crippen molar-refractivity contribution in [2.24, 2.45) is 5.73 Å². The first-order valence-electron chi connectivity index (χ1n) is 10.7. The Kier molecular flexibility index (Phi) is 10.1. The summed E-state index contributed by atoms with van der Waals surface area (Å²) in [4.78, 5) is 36.8. The molecule has 6 N–H and O–H groups in total. The predicted octanol–water partition coefficient (Wildman–Crippen LogP) is 2.90. The molecule has 0 aliphatic carbocycles. The fourth-order valence-electron chi connectivity index (χ4n) is 3.07. The monoisotopic (exact) mass is 440 g/mol. The molecule has 9 nitrogen and oxygen atoms in total. The van der Waals surface area contributed by atoms with E-state index in [4.69, 9.17) is 10.8 Å². The van der Waals surface area contributed by atoms with Crippen LogP contribution >= 0.6 is 0 Å². The number of aromatic nitrogens is 4. The van der Waals surface area contributed by atoms with Crippen molar-refractivity contribution < 1.29 is 14.7 Å². The third-order valence-corrected chi connectivity index (χ3v) is 4.85. The Bertz CT molecular complexity index is 954. The Morgan fingerprint density at radius 3 is 2.47 bits per heavy atom. The third kappa shape index (κ3) is 7.99. The first-order chi connectivity index (χ1) is 15.4. The van der Waals surface area contributed by atoms with E-state index < -0.39 is 0 Å². The molecular weight excluding hydrogens is 408 g/mol. The van der Waals surface area contributed by atoms with Crippen molar-refractivity contribution >= 4 is 11.8 Å². The molecule has 1 aromatic carbocycles. The maximum atomic E-state index is 11.7. The Balaban J connectivity index is 0.000000233. The van der Waals surface area contributed by atoms with Crippen LogP contribution in [0.5, 0.6) is 0 Å². The zero-order valence-electron chi connectivity index (χ0n) is 18.6. The number of nitrogens with two attached hydrogens (primary N) is 1. The number of carbonyl (C=O) groups is 2. The predicted molar refractivity (Wildman–Crippen MR) is 122 cm³/mol. The van der Waals surface area contributed by atoms with Crippen LogP contribution in [-0.4, -0.2) is 36.9 Å². The number of carbonyl (C=O) groups excluding carboxylic acids is 2. The van der Waals surface area contributed by atoms with Crippen LogP contribution in [0.1, 0.15) is 62.3 Å². The molecule has 0 saturated heterocycles. The van der Waals surface area contributed by atoms with Gasteiger partial charge in [0, 0.05) is 36.5 Å². The Morgan fingerprint density at radius 2 is 1.91 bits per heavy atom. The minimum Gasteiger partial charge on any atom is -0.390 e. The molecular formula is C23H32N6O3. The third-order valence-electron chi connectivity index (χ3n) is 4.85. The summed E-state index contributed by atoms with van der Waals surface area (Å²) in [6.45, 7) is 3.88. The lowest BCUT2D eigenvalue weighted by molar-refractivity contribution is -0.122. The molecule has 9 heteroatoms. The van der Waals surface area contributed by atoms with Crippen molar-refractivity contribution in [3.05, 3.63) is 59.9 Å². The van der Waals surface area contributed by atoms with Crippen molar-refractivity contribution in [2.45, 2.75) is 58.6 Å². The van der Waals surface area contributed by atoms with Crippen LogP contribution in [0.2, 0.25) is 0 Å². The summed E-state index contributed by atoms with van der Waals surface area (Å²) in [6, 6.07) is 9.78. The number of primary amides is 1. The van der Waals surface area contributed by atoms with Crippen LogP contribution in [0.3, 0.4) is 0 Å². The number of aromatic amines is 2. The molecule has 2 amide bonds. The molecule has 2 heterocycles. The van der Waals surface area contributed by atoms with E-state index in [9.17, 15) is 9.59 Å². The lowest BCUT2D eigenvalue weighted by Gasteiger charge is -2.14. The van der Waals surface area contributed by atoms with E-state index >= 15 is 0 Å². The number of benzene rings is 1. The van der Waals surface area contributed by atoms with Crippen LogP contribution in [0.25, 0.3) is 11.4 Å². The molecule has 0 aliphatic heterocycles. The molecule has 1 unspecified atom stereocenters. The number of hydrogen-bond donors (Lipinski definition) is 5. The standard InChI is InChI=1S/C12H20N4O2.C11H12N2O/c1-2-9(12-14-7-8-15-12)16-11(18)6-4-3-5-10(13)17;1-8-10(7-14)13-11(12-8)9-5-3-2-4-6-9/h7-9H,2-6H2,1H3,(H2,13,17)(H,14,15)(H,16,18);2-6,14H,7H2,1H3,(H,12,13). The summed E-state index contributed by atoms with van der Waals surface area (Å²) in [7, 11) is 0. The van der Waals surface area contributed by atoms with Crippen LogP contribution < -0.4 is 11.1 Å². The highest BCUT2D eigenvalue weighted by Gasteiger charge is 2.14. The Hall–Kier alpha value is -3.46. The second kappa shape index (κ2) is 13.1. The number of rotatable bonds is 10. The van der Waals surface area contributed by atoms with E-state index in [0.29, 0.717) is 31.4 Å². The highest BCUT2D eigenvalue weighted by atomic mass is 16.3. The number of nitrogens with zero attached hydrogens (tertiary/aromatic N) is 2. The summed E-state index contributed by atoms with van der Waals surface area (Å²) in [5.74, 6) is 1.23. The van der Waals surface area contributed by atoms with Gasteiger partial charge < -0.3 is 26.1 Å². The van der Waals surface area contributed by atoms with Gasteiger partial charge in [0.15, 0.2) is 0 Å². The topological polar surface area (TPSA) is 150 Å². The SMILES string of the molecule is CCC(NC(=O)CCCCC(N)=O)c1ncc[nH]1.Cc1[nH]c(-c2ccccc2)nc1CO. The van der Waals surface area contributed by atoms with Gasteiger partial charge in [-0.2, -0.15) is 0 Å². The van der Waals surface area contributed by atoms with Gasteiger partial charge in [-0.25, -0.2) is 9.97 Å². The molecule has 3 rings (SSSR count). The second-order valence-corrected chi connectivity index (χ2v) is 7.36. The van der Waals surface area contributed by atoms with Gasteiger partial charge in [-0.15, -0.1) is 0 Å².